The van der Waals surface area contributed by atoms with Crippen LogP contribution in [0.25, 0.3) is 0 Å². The Kier molecular flexibility index (Phi) is 3.82. The average molecular weight is 214 g/mol. The Morgan fingerprint density at radius 1 is 1.25 bits per heavy atom. The van der Waals surface area contributed by atoms with Crippen molar-refractivity contribution in [2.24, 2.45) is 0 Å². The van der Waals surface area contributed by atoms with Gasteiger partial charge in [-0.25, -0.2) is 0 Å². The molecule has 1 aromatic carbocycles. The number of aryl methyl sites for hydroxylation is 1. The van der Waals surface area contributed by atoms with Crippen LogP contribution in [-0.2, 0) is 6.42 Å². The molecule has 0 radical (unpaired) electrons. The number of allylic oxidation sites excluding steroid dienone is 1. The highest BCUT2D eigenvalue weighted by Crippen LogP contribution is 2.33. The third-order valence-corrected chi connectivity index (χ3v) is 3.81. The zero-order valence-electron chi connectivity index (χ0n) is 10.3. The Balaban J connectivity index is 2.20. The predicted molar refractivity (Wildman–Crippen MR) is 70.9 cm³/mol. The molecular formula is C16H22. The van der Waals surface area contributed by atoms with Crippen LogP contribution in [0, 0.1) is 6.92 Å². The molecule has 1 fully saturated rings. The summed E-state index contributed by atoms with van der Waals surface area (Å²) in [5.41, 5.74) is 4.42. The van der Waals surface area contributed by atoms with E-state index in [4.69, 9.17) is 0 Å². The minimum absolute atomic E-state index is 0.818. The molecule has 0 amide bonds. The molecule has 86 valence electrons. The Bertz CT molecular complexity index is 356. The molecule has 1 saturated carbocycles. The van der Waals surface area contributed by atoms with Gasteiger partial charge in [-0.05, 0) is 48.8 Å². The maximum atomic E-state index is 3.84. The van der Waals surface area contributed by atoms with Crippen molar-refractivity contribution in [2.45, 2.75) is 51.4 Å². The van der Waals surface area contributed by atoms with Crippen molar-refractivity contribution in [1.82, 2.24) is 0 Å². The van der Waals surface area contributed by atoms with E-state index in [-0.39, 0.29) is 0 Å². The topological polar surface area (TPSA) is 0 Å². The van der Waals surface area contributed by atoms with Gasteiger partial charge in [0, 0.05) is 0 Å². The van der Waals surface area contributed by atoms with Crippen molar-refractivity contribution in [3.05, 3.63) is 47.5 Å². The molecule has 0 aromatic heterocycles. The first-order valence-corrected chi connectivity index (χ1v) is 6.51. The van der Waals surface area contributed by atoms with Crippen LogP contribution in [0.5, 0.6) is 0 Å². The largest absolute Gasteiger partial charge is 0.103 e. The van der Waals surface area contributed by atoms with Gasteiger partial charge >= 0.3 is 0 Å². The summed E-state index contributed by atoms with van der Waals surface area (Å²) >= 11 is 0. The minimum Gasteiger partial charge on any atom is -0.103 e. The third-order valence-electron chi connectivity index (χ3n) is 3.81. The van der Waals surface area contributed by atoms with E-state index >= 15 is 0 Å². The molecule has 0 spiro atoms. The first-order chi connectivity index (χ1) is 7.81. The van der Waals surface area contributed by atoms with Gasteiger partial charge in [0.15, 0.2) is 0 Å². The van der Waals surface area contributed by atoms with Gasteiger partial charge in [-0.2, -0.15) is 0 Å². The quantitative estimate of drug-likeness (QED) is 0.636. The molecule has 0 nitrogen and oxygen atoms in total. The monoisotopic (exact) mass is 214 g/mol. The molecule has 0 aliphatic heterocycles. The van der Waals surface area contributed by atoms with E-state index in [0.717, 1.165) is 12.3 Å². The summed E-state index contributed by atoms with van der Waals surface area (Å²) in [6, 6.07) is 7.02. The molecule has 0 bridgehead atoms. The van der Waals surface area contributed by atoms with Gasteiger partial charge in [-0.3, -0.25) is 0 Å². The summed E-state index contributed by atoms with van der Waals surface area (Å²) in [7, 11) is 0. The fraction of sp³-hybridized carbons (Fsp3) is 0.500. The second kappa shape index (κ2) is 5.34. The highest BCUT2D eigenvalue weighted by molar-refractivity contribution is 5.34. The fourth-order valence-corrected chi connectivity index (χ4v) is 2.76. The minimum atomic E-state index is 0.818. The highest BCUT2D eigenvalue weighted by Gasteiger charge is 2.15. The lowest BCUT2D eigenvalue weighted by Crippen LogP contribution is -2.05. The predicted octanol–water partition coefficient (Wildman–Crippen LogP) is 4.77. The third kappa shape index (κ3) is 2.55. The van der Waals surface area contributed by atoms with Crippen LogP contribution in [-0.4, -0.2) is 0 Å². The van der Waals surface area contributed by atoms with E-state index in [9.17, 15) is 0 Å². The number of benzene rings is 1. The number of hydrogen-bond acceptors (Lipinski definition) is 0. The zero-order valence-corrected chi connectivity index (χ0v) is 10.3. The molecule has 0 unspecified atom stereocenters. The van der Waals surface area contributed by atoms with Crippen LogP contribution in [0.4, 0.5) is 0 Å². The second-order valence-corrected chi connectivity index (χ2v) is 5.01. The molecule has 1 aromatic rings. The number of rotatable bonds is 3. The van der Waals surface area contributed by atoms with Gasteiger partial charge in [0.25, 0.3) is 0 Å². The van der Waals surface area contributed by atoms with Gasteiger partial charge in [-0.15, -0.1) is 6.58 Å². The van der Waals surface area contributed by atoms with E-state index in [1.165, 1.54) is 43.2 Å². The summed E-state index contributed by atoms with van der Waals surface area (Å²) in [6.45, 7) is 6.04. The summed E-state index contributed by atoms with van der Waals surface area (Å²) in [4.78, 5) is 0. The molecule has 1 aliphatic carbocycles. The summed E-state index contributed by atoms with van der Waals surface area (Å²) < 4.78 is 0. The second-order valence-electron chi connectivity index (χ2n) is 5.01. The molecule has 0 atom stereocenters. The van der Waals surface area contributed by atoms with E-state index in [2.05, 4.69) is 31.7 Å². The Morgan fingerprint density at radius 2 is 2.00 bits per heavy atom. The van der Waals surface area contributed by atoms with Crippen LogP contribution < -0.4 is 0 Å². The maximum absolute atomic E-state index is 3.84. The van der Waals surface area contributed by atoms with Crippen LogP contribution in [0.2, 0.25) is 0 Å². The van der Waals surface area contributed by atoms with E-state index < -0.39 is 0 Å². The molecular weight excluding hydrogens is 192 g/mol. The Morgan fingerprint density at radius 3 is 2.69 bits per heavy atom. The molecule has 0 saturated heterocycles. The standard InChI is InChI=1S/C16H22/c1-3-7-15-12-16(11-10-13(15)2)14-8-5-4-6-9-14/h3,10-12,14H,1,4-9H2,2H3. The van der Waals surface area contributed by atoms with Gasteiger partial charge in [-0.1, -0.05) is 43.5 Å². The van der Waals surface area contributed by atoms with Crippen molar-refractivity contribution in [1.29, 1.82) is 0 Å². The van der Waals surface area contributed by atoms with Gasteiger partial charge in [0.1, 0.15) is 0 Å². The van der Waals surface area contributed by atoms with Crippen LogP contribution in [0.1, 0.15) is 54.7 Å². The maximum Gasteiger partial charge on any atom is -0.00974 e. The van der Waals surface area contributed by atoms with Crippen molar-refractivity contribution in [2.75, 3.05) is 0 Å². The van der Waals surface area contributed by atoms with Crippen molar-refractivity contribution in [3.63, 3.8) is 0 Å². The summed E-state index contributed by atoms with van der Waals surface area (Å²) in [6.07, 6.45) is 10.0. The molecule has 1 aliphatic rings. The lowest BCUT2D eigenvalue weighted by Gasteiger charge is -2.22. The normalized spacial score (nSPS) is 17.3. The molecule has 0 N–H and O–H groups in total. The van der Waals surface area contributed by atoms with E-state index in [1.54, 1.807) is 5.56 Å². The van der Waals surface area contributed by atoms with E-state index in [1.807, 2.05) is 6.08 Å². The summed E-state index contributed by atoms with van der Waals surface area (Å²) in [5.74, 6) is 0.818. The van der Waals surface area contributed by atoms with E-state index in [0.29, 0.717) is 0 Å². The molecule has 2 rings (SSSR count). The Hall–Kier alpha value is -1.04. The van der Waals surface area contributed by atoms with Crippen molar-refractivity contribution in [3.8, 4) is 0 Å². The Labute approximate surface area is 99.4 Å². The zero-order chi connectivity index (χ0) is 11.4. The average Bonchev–Trinajstić information content (AvgIpc) is 2.33. The molecule has 0 heteroatoms. The number of hydrogen-bond donors (Lipinski definition) is 0. The van der Waals surface area contributed by atoms with Crippen molar-refractivity contribution < 1.29 is 0 Å². The summed E-state index contributed by atoms with van der Waals surface area (Å²) in [5, 5.41) is 0. The van der Waals surface area contributed by atoms with Crippen LogP contribution in [0.3, 0.4) is 0 Å². The van der Waals surface area contributed by atoms with Gasteiger partial charge in [0.2, 0.25) is 0 Å². The fourth-order valence-electron chi connectivity index (χ4n) is 2.76. The highest BCUT2D eigenvalue weighted by atomic mass is 14.2. The lowest BCUT2D eigenvalue weighted by atomic mass is 9.83. The van der Waals surface area contributed by atoms with Gasteiger partial charge < -0.3 is 0 Å². The first-order valence-electron chi connectivity index (χ1n) is 6.51. The lowest BCUT2D eigenvalue weighted by molar-refractivity contribution is 0.443. The molecule has 0 heterocycles. The van der Waals surface area contributed by atoms with Gasteiger partial charge in [0.05, 0.1) is 0 Å². The smallest absolute Gasteiger partial charge is 0.00974 e. The molecule has 16 heavy (non-hydrogen) atoms. The first kappa shape index (κ1) is 11.4. The van der Waals surface area contributed by atoms with Crippen LogP contribution >= 0.6 is 0 Å². The SMILES string of the molecule is C=CCc1cc(C2CCCCC2)ccc1C. The van der Waals surface area contributed by atoms with Crippen molar-refractivity contribution >= 4 is 0 Å². The van der Waals surface area contributed by atoms with Crippen LogP contribution in [0.15, 0.2) is 30.9 Å².